The topological polar surface area (TPSA) is 94.7 Å². The molecule has 0 aliphatic rings. The highest BCUT2D eigenvalue weighted by Crippen LogP contribution is 2.26. The minimum absolute atomic E-state index is 0.0606. The van der Waals surface area contributed by atoms with Gasteiger partial charge in [0.15, 0.2) is 17.8 Å². The summed E-state index contributed by atoms with van der Waals surface area (Å²) in [7, 11) is 0. The second kappa shape index (κ2) is 7.23. The lowest BCUT2D eigenvalue weighted by Crippen LogP contribution is -2.02. The molecule has 6 nitrogen and oxygen atoms in total. The highest BCUT2D eigenvalue weighted by molar-refractivity contribution is 5.70. The normalized spacial score (nSPS) is 10.6. The number of hydrogen-bond donors (Lipinski definition) is 2. The van der Waals surface area contributed by atoms with Crippen molar-refractivity contribution in [3.05, 3.63) is 65.5 Å². The van der Waals surface area contributed by atoms with Crippen LogP contribution in [0.2, 0.25) is 0 Å². The summed E-state index contributed by atoms with van der Waals surface area (Å²) in [6.07, 6.45) is 5.44. The fourth-order valence-corrected chi connectivity index (χ4v) is 2.29. The van der Waals surface area contributed by atoms with Gasteiger partial charge < -0.3 is 5.11 Å². The second-order valence-electron chi connectivity index (χ2n) is 5.28. The number of aryl methyl sites for hydroxylation is 1. The van der Waals surface area contributed by atoms with Crippen LogP contribution in [-0.4, -0.2) is 20.1 Å². The average molecular weight is 329 g/mol. The maximum Gasteiger partial charge on any atom is 0.240 e. The molecule has 0 spiro atoms. The van der Waals surface area contributed by atoms with Crippen LogP contribution in [0.15, 0.2) is 48.5 Å². The van der Waals surface area contributed by atoms with Crippen molar-refractivity contribution in [2.24, 2.45) is 0 Å². The maximum atomic E-state index is 10.0. The van der Waals surface area contributed by atoms with Gasteiger partial charge in [-0.15, -0.1) is 0 Å². The lowest BCUT2D eigenvalue weighted by molar-refractivity contribution is 0.477. The van der Waals surface area contributed by atoms with Gasteiger partial charge in [0.05, 0.1) is 5.56 Å². The minimum Gasteiger partial charge on any atom is -0.507 e. The Morgan fingerprint density at radius 3 is 2.52 bits per heavy atom. The number of aromatic hydroxyl groups is 1. The van der Waals surface area contributed by atoms with Crippen LogP contribution in [0.25, 0.3) is 23.5 Å². The van der Waals surface area contributed by atoms with E-state index in [2.05, 4.69) is 20.3 Å². The van der Waals surface area contributed by atoms with Gasteiger partial charge in [-0.1, -0.05) is 42.5 Å². The Labute approximate surface area is 145 Å². The summed E-state index contributed by atoms with van der Waals surface area (Å²) in [5.74, 6) is 0.857. The van der Waals surface area contributed by atoms with E-state index >= 15 is 0 Å². The van der Waals surface area contributed by atoms with E-state index in [1.165, 1.54) is 0 Å². The molecular weight excluding hydrogens is 314 g/mol. The summed E-state index contributed by atoms with van der Waals surface area (Å²) in [4.78, 5) is 12.7. The average Bonchev–Trinajstić information content (AvgIpc) is 2.61. The number of anilines is 1. The van der Waals surface area contributed by atoms with Crippen molar-refractivity contribution in [1.82, 2.24) is 15.0 Å². The van der Waals surface area contributed by atoms with E-state index in [0.717, 1.165) is 11.1 Å². The Morgan fingerprint density at radius 2 is 1.76 bits per heavy atom. The van der Waals surface area contributed by atoms with Crippen LogP contribution in [0.4, 0.5) is 5.95 Å². The SMILES string of the molecule is Cc1ccccc1/C=C/c1nc(NC#N)nc(-c2ccccc2O)n1. The third-order valence-corrected chi connectivity index (χ3v) is 3.57. The van der Waals surface area contributed by atoms with Crippen LogP contribution in [0.3, 0.4) is 0 Å². The number of phenols is 1. The maximum absolute atomic E-state index is 10.0. The predicted octanol–water partition coefficient (Wildman–Crippen LogP) is 3.62. The van der Waals surface area contributed by atoms with Crippen LogP contribution >= 0.6 is 0 Å². The van der Waals surface area contributed by atoms with E-state index in [1.54, 1.807) is 36.5 Å². The molecule has 3 rings (SSSR count). The highest BCUT2D eigenvalue weighted by atomic mass is 16.3. The molecule has 0 atom stereocenters. The molecule has 0 unspecified atom stereocenters. The Balaban J connectivity index is 2.04. The molecule has 0 saturated carbocycles. The van der Waals surface area contributed by atoms with Gasteiger partial charge in [-0.3, -0.25) is 5.32 Å². The first-order valence-corrected chi connectivity index (χ1v) is 7.60. The lowest BCUT2D eigenvalue weighted by atomic mass is 10.1. The van der Waals surface area contributed by atoms with Gasteiger partial charge in [-0.2, -0.15) is 15.2 Å². The van der Waals surface area contributed by atoms with E-state index in [9.17, 15) is 5.11 Å². The zero-order valence-electron chi connectivity index (χ0n) is 13.5. The molecule has 6 heteroatoms. The molecule has 2 aromatic carbocycles. The Kier molecular flexibility index (Phi) is 4.67. The minimum atomic E-state index is 0.0606. The summed E-state index contributed by atoms with van der Waals surface area (Å²) in [5, 5.41) is 21.3. The number of rotatable bonds is 4. The number of nitrogens with zero attached hydrogens (tertiary/aromatic N) is 4. The molecule has 0 fully saturated rings. The first kappa shape index (κ1) is 16.1. The number of aromatic nitrogens is 3. The zero-order valence-corrected chi connectivity index (χ0v) is 13.5. The van der Waals surface area contributed by atoms with Crippen molar-refractivity contribution in [1.29, 1.82) is 5.26 Å². The molecule has 122 valence electrons. The number of hydrogen-bond acceptors (Lipinski definition) is 6. The fourth-order valence-electron chi connectivity index (χ4n) is 2.29. The van der Waals surface area contributed by atoms with E-state index < -0.39 is 0 Å². The largest absolute Gasteiger partial charge is 0.507 e. The molecule has 3 aromatic rings. The van der Waals surface area contributed by atoms with Crippen molar-refractivity contribution >= 4 is 18.1 Å². The molecular formula is C19H15N5O. The number of phenolic OH excluding ortho intramolecular Hbond substituents is 1. The van der Waals surface area contributed by atoms with Crippen molar-refractivity contribution in [2.45, 2.75) is 6.92 Å². The monoisotopic (exact) mass is 329 g/mol. The molecule has 0 aliphatic carbocycles. The van der Waals surface area contributed by atoms with Gasteiger partial charge in [-0.05, 0) is 36.3 Å². The van der Waals surface area contributed by atoms with Crippen molar-refractivity contribution in [3.63, 3.8) is 0 Å². The zero-order chi connectivity index (χ0) is 17.6. The summed E-state index contributed by atoms with van der Waals surface area (Å²) in [6, 6.07) is 14.7. The van der Waals surface area contributed by atoms with Crippen LogP contribution in [-0.2, 0) is 0 Å². The second-order valence-corrected chi connectivity index (χ2v) is 5.28. The third kappa shape index (κ3) is 3.79. The highest BCUT2D eigenvalue weighted by Gasteiger charge is 2.10. The third-order valence-electron chi connectivity index (χ3n) is 3.57. The van der Waals surface area contributed by atoms with Crippen LogP contribution in [0, 0.1) is 18.4 Å². The summed E-state index contributed by atoms with van der Waals surface area (Å²) in [6.45, 7) is 2.02. The number of benzene rings is 2. The summed E-state index contributed by atoms with van der Waals surface area (Å²) in [5.41, 5.74) is 2.64. The number of para-hydroxylation sites is 1. The van der Waals surface area contributed by atoms with Crippen molar-refractivity contribution in [3.8, 4) is 23.3 Å². The van der Waals surface area contributed by atoms with Gasteiger partial charge in [0.25, 0.3) is 0 Å². The van der Waals surface area contributed by atoms with Crippen LogP contribution in [0.1, 0.15) is 17.0 Å². The van der Waals surface area contributed by atoms with Gasteiger partial charge >= 0.3 is 0 Å². The number of nitriles is 1. The molecule has 0 saturated heterocycles. The lowest BCUT2D eigenvalue weighted by Gasteiger charge is -2.06. The smallest absolute Gasteiger partial charge is 0.240 e. The molecule has 25 heavy (non-hydrogen) atoms. The Hall–Kier alpha value is -3.72. The van der Waals surface area contributed by atoms with E-state index in [-0.39, 0.29) is 17.5 Å². The standard InChI is InChI=1S/C19H15N5O/c1-13-6-2-3-7-14(13)10-11-17-22-18(24-19(23-17)21-12-20)15-8-4-5-9-16(15)25/h2-11,25H,1H3,(H,21,22,23,24)/b11-10+. The van der Waals surface area contributed by atoms with Crippen LogP contribution < -0.4 is 5.32 Å². The molecule has 0 bridgehead atoms. The molecule has 0 aliphatic heterocycles. The number of nitrogens with one attached hydrogen (secondary N) is 1. The van der Waals surface area contributed by atoms with Gasteiger partial charge in [0.2, 0.25) is 5.95 Å². The molecule has 0 radical (unpaired) electrons. The Bertz CT molecular complexity index is 976. The molecule has 2 N–H and O–H groups in total. The van der Waals surface area contributed by atoms with Crippen molar-refractivity contribution in [2.75, 3.05) is 5.32 Å². The van der Waals surface area contributed by atoms with Gasteiger partial charge in [0, 0.05) is 0 Å². The first-order valence-electron chi connectivity index (χ1n) is 7.60. The molecule has 1 aromatic heterocycles. The quantitative estimate of drug-likeness (QED) is 0.561. The van der Waals surface area contributed by atoms with E-state index in [1.807, 2.05) is 37.3 Å². The summed E-state index contributed by atoms with van der Waals surface area (Å²) < 4.78 is 0. The Morgan fingerprint density at radius 1 is 1.00 bits per heavy atom. The van der Waals surface area contributed by atoms with E-state index in [0.29, 0.717) is 11.4 Å². The van der Waals surface area contributed by atoms with Crippen molar-refractivity contribution < 1.29 is 5.11 Å². The molecule has 1 heterocycles. The van der Waals surface area contributed by atoms with E-state index in [4.69, 9.17) is 5.26 Å². The van der Waals surface area contributed by atoms with Gasteiger partial charge in [-0.25, -0.2) is 4.98 Å². The van der Waals surface area contributed by atoms with Crippen LogP contribution in [0.5, 0.6) is 5.75 Å². The first-order chi connectivity index (χ1) is 12.2. The fraction of sp³-hybridized carbons (Fsp3) is 0.0526. The molecule has 0 amide bonds. The predicted molar refractivity (Wildman–Crippen MR) is 96.3 cm³/mol. The van der Waals surface area contributed by atoms with Gasteiger partial charge in [0.1, 0.15) is 5.75 Å². The summed E-state index contributed by atoms with van der Waals surface area (Å²) >= 11 is 0.